The molecule has 0 spiro atoms. The Labute approximate surface area is 161 Å². The normalized spacial score (nSPS) is 9.48. The van der Waals surface area contributed by atoms with Gasteiger partial charge in [0.25, 0.3) is 0 Å². The Morgan fingerprint density at radius 3 is 1.60 bits per heavy atom. The molecule has 128 valence electrons. The maximum atomic E-state index is 4.59. The maximum absolute atomic E-state index is 4.59. The largest absolute Gasteiger partial charge is 0.341 e. The fourth-order valence-corrected chi connectivity index (χ4v) is 2.07. The van der Waals surface area contributed by atoms with Crippen LogP contribution < -0.4 is 0 Å². The molecule has 6 heteroatoms. The predicted molar refractivity (Wildman–Crippen MR) is 93.9 cm³/mol. The van der Waals surface area contributed by atoms with Crippen molar-refractivity contribution in [1.29, 1.82) is 0 Å². The third-order valence-corrected chi connectivity index (χ3v) is 3.24. The Balaban J connectivity index is 0.000000275. The molecule has 0 fully saturated rings. The van der Waals surface area contributed by atoms with Crippen LogP contribution in [0.4, 0.5) is 0 Å². The van der Waals surface area contributed by atoms with Crippen LogP contribution in [0.25, 0.3) is 22.8 Å². The summed E-state index contributed by atoms with van der Waals surface area (Å²) < 4.78 is 1.89. The van der Waals surface area contributed by atoms with Gasteiger partial charge in [-0.25, -0.2) is 9.97 Å². The Hall–Kier alpha value is -2.65. The maximum Gasteiger partial charge on any atom is 0.0943 e. The van der Waals surface area contributed by atoms with E-state index < -0.39 is 0 Å². The Morgan fingerprint density at radius 1 is 0.680 bits per heavy atom. The summed E-state index contributed by atoms with van der Waals surface area (Å²) in [6, 6.07) is 17.5. The number of rotatable bonds is 2. The minimum Gasteiger partial charge on any atom is -0.341 e. The van der Waals surface area contributed by atoms with E-state index in [1.54, 1.807) is 24.9 Å². The molecule has 4 aromatic heterocycles. The quantitative estimate of drug-likeness (QED) is 0.414. The van der Waals surface area contributed by atoms with Crippen LogP contribution in [0.5, 0.6) is 0 Å². The molecule has 5 nitrogen and oxygen atoms in total. The summed E-state index contributed by atoms with van der Waals surface area (Å²) in [6.07, 6.45) is 8.93. The minimum atomic E-state index is 0. The van der Waals surface area contributed by atoms with Crippen LogP contribution in [0, 0.1) is 0 Å². The average molecular weight is 510 g/mol. The van der Waals surface area contributed by atoms with E-state index in [-0.39, 0.29) is 21.1 Å². The second-order valence-electron chi connectivity index (χ2n) is 5.07. The fraction of sp³-hybridized carbons (Fsp3) is 0.0526. The SMILES string of the molecule is Cn1ccnc1.[Pt].c1ccc(-c2cccc(-c3ccccn3)n2)nc1. The van der Waals surface area contributed by atoms with E-state index in [9.17, 15) is 0 Å². The molecular weight excluding hydrogens is 493 g/mol. The van der Waals surface area contributed by atoms with Gasteiger partial charge < -0.3 is 4.57 Å². The molecule has 0 aliphatic carbocycles. The zero-order valence-electron chi connectivity index (χ0n) is 13.6. The summed E-state index contributed by atoms with van der Waals surface area (Å²) in [4.78, 5) is 17.0. The van der Waals surface area contributed by atoms with Gasteiger partial charge in [0.15, 0.2) is 0 Å². The predicted octanol–water partition coefficient (Wildman–Crippen LogP) is 3.62. The van der Waals surface area contributed by atoms with Gasteiger partial charge in [-0.3, -0.25) is 9.97 Å². The van der Waals surface area contributed by atoms with Crippen molar-refractivity contribution in [1.82, 2.24) is 24.5 Å². The second-order valence-corrected chi connectivity index (χ2v) is 5.07. The van der Waals surface area contributed by atoms with Gasteiger partial charge in [0.05, 0.1) is 29.1 Å². The molecule has 0 saturated heterocycles. The summed E-state index contributed by atoms with van der Waals surface area (Å²) in [7, 11) is 1.94. The van der Waals surface area contributed by atoms with Crippen molar-refractivity contribution in [3.63, 3.8) is 0 Å². The number of aromatic nitrogens is 5. The van der Waals surface area contributed by atoms with E-state index >= 15 is 0 Å². The molecule has 0 saturated carbocycles. The van der Waals surface area contributed by atoms with Crippen molar-refractivity contribution in [3.8, 4) is 22.8 Å². The van der Waals surface area contributed by atoms with Crippen molar-refractivity contribution in [2.24, 2.45) is 7.05 Å². The smallest absolute Gasteiger partial charge is 0.0943 e. The Morgan fingerprint density at radius 2 is 1.24 bits per heavy atom. The second kappa shape index (κ2) is 9.60. The van der Waals surface area contributed by atoms with E-state index in [2.05, 4.69) is 19.9 Å². The summed E-state index contributed by atoms with van der Waals surface area (Å²) in [5, 5.41) is 0. The number of pyridine rings is 3. The molecule has 25 heavy (non-hydrogen) atoms. The van der Waals surface area contributed by atoms with E-state index in [1.165, 1.54) is 0 Å². The van der Waals surface area contributed by atoms with Crippen molar-refractivity contribution in [2.75, 3.05) is 0 Å². The summed E-state index contributed by atoms with van der Waals surface area (Å²) in [5.41, 5.74) is 3.46. The molecule has 4 aromatic rings. The van der Waals surface area contributed by atoms with E-state index in [0.717, 1.165) is 22.8 Å². The molecule has 4 heterocycles. The van der Waals surface area contributed by atoms with Crippen LogP contribution in [0.1, 0.15) is 0 Å². The average Bonchev–Trinajstić information content (AvgIpc) is 3.15. The third kappa shape index (κ3) is 5.43. The van der Waals surface area contributed by atoms with Crippen molar-refractivity contribution in [3.05, 3.63) is 85.7 Å². The molecule has 0 radical (unpaired) electrons. The topological polar surface area (TPSA) is 56.5 Å². The minimum absolute atomic E-state index is 0. The van der Waals surface area contributed by atoms with Gasteiger partial charge in [-0.1, -0.05) is 18.2 Å². The zero-order chi connectivity index (χ0) is 16.6. The first kappa shape index (κ1) is 18.7. The van der Waals surface area contributed by atoms with Gasteiger partial charge in [-0.2, -0.15) is 0 Å². The van der Waals surface area contributed by atoms with E-state index in [1.807, 2.05) is 72.4 Å². The van der Waals surface area contributed by atoms with Gasteiger partial charge in [-0.05, 0) is 36.4 Å². The van der Waals surface area contributed by atoms with Crippen LogP contribution >= 0.6 is 0 Å². The number of hydrogen-bond donors (Lipinski definition) is 0. The van der Waals surface area contributed by atoms with Gasteiger partial charge >= 0.3 is 0 Å². The standard InChI is InChI=1S/C15H11N3.C4H6N2.Pt/c1-3-10-16-12(6-1)14-8-5-9-15(18-14)13-7-2-4-11-17-13;1-6-3-2-5-4-6;/h1-11H;2-4H,1H3;. The van der Waals surface area contributed by atoms with E-state index in [0.29, 0.717) is 0 Å². The monoisotopic (exact) mass is 510 g/mol. The Bertz CT molecular complexity index is 810. The van der Waals surface area contributed by atoms with Crippen LogP contribution in [-0.4, -0.2) is 24.5 Å². The first-order valence-electron chi connectivity index (χ1n) is 7.55. The number of aryl methyl sites for hydroxylation is 1. The molecule has 0 unspecified atom stereocenters. The molecule has 0 bridgehead atoms. The first-order valence-corrected chi connectivity index (χ1v) is 7.55. The van der Waals surface area contributed by atoms with Gasteiger partial charge in [0, 0.05) is 52.9 Å². The molecule has 0 aromatic carbocycles. The summed E-state index contributed by atoms with van der Waals surface area (Å²) in [5.74, 6) is 0. The summed E-state index contributed by atoms with van der Waals surface area (Å²) in [6.45, 7) is 0. The number of hydrogen-bond acceptors (Lipinski definition) is 4. The fourth-order valence-electron chi connectivity index (χ4n) is 2.07. The zero-order valence-corrected chi connectivity index (χ0v) is 15.9. The first-order chi connectivity index (χ1) is 11.8. The Kier molecular flexibility index (Phi) is 7.17. The van der Waals surface area contributed by atoms with Crippen LogP contribution in [0.3, 0.4) is 0 Å². The third-order valence-electron chi connectivity index (χ3n) is 3.24. The van der Waals surface area contributed by atoms with Crippen LogP contribution in [0.2, 0.25) is 0 Å². The molecule has 4 rings (SSSR count). The van der Waals surface area contributed by atoms with Crippen molar-refractivity contribution < 1.29 is 21.1 Å². The molecule has 0 aliphatic rings. The van der Waals surface area contributed by atoms with Gasteiger partial charge in [0.1, 0.15) is 0 Å². The summed E-state index contributed by atoms with van der Waals surface area (Å²) >= 11 is 0. The van der Waals surface area contributed by atoms with Crippen molar-refractivity contribution >= 4 is 0 Å². The van der Waals surface area contributed by atoms with E-state index in [4.69, 9.17) is 0 Å². The van der Waals surface area contributed by atoms with Crippen LogP contribution in [0.15, 0.2) is 85.7 Å². The molecule has 0 N–H and O–H groups in total. The molecule has 0 atom stereocenters. The molecule has 0 aliphatic heterocycles. The van der Waals surface area contributed by atoms with Crippen molar-refractivity contribution in [2.45, 2.75) is 0 Å². The molecule has 0 amide bonds. The van der Waals surface area contributed by atoms with Gasteiger partial charge in [-0.15, -0.1) is 0 Å². The van der Waals surface area contributed by atoms with Gasteiger partial charge in [0.2, 0.25) is 0 Å². The number of imidazole rings is 1. The number of nitrogens with zero attached hydrogens (tertiary/aromatic N) is 5. The van der Waals surface area contributed by atoms with Crippen LogP contribution in [-0.2, 0) is 28.1 Å². The molecular formula is C19H17N5Pt.